The summed E-state index contributed by atoms with van der Waals surface area (Å²) in [7, 11) is 0. The van der Waals surface area contributed by atoms with Crippen LogP contribution in [0.25, 0.3) is 11.0 Å². The summed E-state index contributed by atoms with van der Waals surface area (Å²) in [5.41, 5.74) is 5.35. The molecule has 5 atom stereocenters. The summed E-state index contributed by atoms with van der Waals surface area (Å²) in [4.78, 5) is 9.03. The molecule has 1 unspecified atom stereocenters. The van der Waals surface area contributed by atoms with Crippen LogP contribution in [0.2, 0.25) is 0 Å². The van der Waals surface area contributed by atoms with Crippen molar-refractivity contribution in [3.8, 4) is 0 Å². The molecule has 7 heteroatoms. The molecule has 1 N–H and O–H groups in total. The van der Waals surface area contributed by atoms with Crippen molar-refractivity contribution in [2.75, 3.05) is 0 Å². The third-order valence-electron chi connectivity index (χ3n) is 6.97. The van der Waals surface area contributed by atoms with Crippen molar-refractivity contribution in [1.82, 2.24) is 14.5 Å². The lowest BCUT2D eigenvalue weighted by Crippen LogP contribution is -2.34. The van der Waals surface area contributed by atoms with Crippen molar-refractivity contribution >= 4 is 11.0 Å². The van der Waals surface area contributed by atoms with Gasteiger partial charge in [-0.2, -0.15) is 0 Å². The molecule has 2 saturated heterocycles. The third-order valence-corrected chi connectivity index (χ3v) is 6.97. The molecule has 2 fully saturated rings. The Balaban J connectivity index is 1.38. The maximum atomic E-state index is 11.3. The van der Waals surface area contributed by atoms with E-state index in [9.17, 15) is 5.11 Å². The minimum absolute atomic E-state index is 0.281. The van der Waals surface area contributed by atoms with E-state index in [-0.39, 0.29) is 18.1 Å². The Hall–Kier alpha value is -2.32. The Morgan fingerprint density at radius 1 is 1.06 bits per heavy atom. The highest BCUT2D eigenvalue weighted by atomic mass is 16.8. The molecule has 2 aromatic heterocycles. The van der Waals surface area contributed by atoms with E-state index in [1.165, 1.54) is 11.1 Å². The maximum absolute atomic E-state index is 11.3. The van der Waals surface area contributed by atoms with Crippen LogP contribution in [0.3, 0.4) is 0 Å². The van der Waals surface area contributed by atoms with Crippen LogP contribution in [0.5, 0.6) is 0 Å². The fourth-order valence-corrected chi connectivity index (χ4v) is 5.33. The molecule has 1 aromatic carbocycles. The van der Waals surface area contributed by atoms with E-state index in [1.54, 1.807) is 6.33 Å². The molecule has 6 rings (SSSR count). The van der Waals surface area contributed by atoms with Gasteiger partial charge in [0.05, 0.1) is 5.69 Å². The smallest absolute Gasteiger partial charge is 0.164 e. The summed E-state index contributed by atoms with van der Waals surface area (Å²) in [5.74, 6) is -0.472. The van der Waals surface area contributed by atoms with Crippen LogP contribution in [0.4, 0.5) is 0 Å². The lowest BCUT2D eigenvalue weighted by atomic mass is 9.85. The zero-order valence-electron chi connectivity index (χ0n) is 18.9. The first-order valence-electron chi connectivity index (χ1n) is 11.4. The molecular weight excluding hydrogens is 406 g/mol. The van der Waals surface area contributed by atoms with E-state index in [4.69, 9.17) is 14.2 Å². The highest BCUT2D eigenvalue weighted by Crippen LogP contribution is 2.47. The Labute approximate surface area is 187 Å². The van der Waals surface area contributed by atoms with Gasteiger partial charge in [0, 0.05) is 11.6 Å². The van der Waals surface area contributed by atoms with Gasteiger partial charge in [0.15, 0.2) is 12.0 Å². The van der Waals surface area contributed by atoms with Gasteiger partial charge in [0.1, 0.15) is 36.4 Å². The van der Waals surface area contributed by atoms with Crippen molar-refractivity contribution in [3.63, 3.8) is 0 Å². The number of hydrogen-bond acceptors (Lipinski definition) is 6. The number of aromatic nitrogens is 3. The Morgan fingerprint density at radius 3 is 2.56 bits per heavy atom. The van der Waals surface area contributed by atoms with E-state index in [2.05, 4.69) is 35.9 Å². The molecule has 0 bridgehead atoms. The molecule has 0 radical (unpaired) electrons. The van der Waals surface area contributed by atoms with Gasteiger partial charge < -0.3 is 23.9 Å². The highest BCUT2D eigenvalue weighted by molar-refractivity contribution is 5.79. The number of aliphatic hydroxyl groups is 1. The van der Waals surface area contributed by atoms with E-state index in [0.29, 0.717) is 0 Å². The summed E-state index contributed by atoms with van der Waals surface area (Å²) >= 11 is 0. The number of benzene rings is 1. The minimum atomic E-state index is -0.807. The number of nitrogens with zero attached hydrogens (tertiary/aromatic N) is 3. The van der Waals surface area contributed by atoms with Crippen LogP contribution in [-0.4, -0.2) is 43.7 Å². The van der Waals surface area contributed by atoms with Crippen LogP contribution in [0.1, 0.15) is 68.3 Å². The number of ether oxygens (including phenoxy) is 3. The summed E-state index contributed by atoms with van der Waals surface area (Å²) in [5, 5.41) is 12.3. The summed E-state index contributed by atoms with van der Waals surface area (Å²) < 4.78 is 21.0. The van der Waals surface area contributed by atoms with E-state index in [1.807, 2.05) is 36.7 Å². The van der Waals surface area contributed by atoms with E-state index >= 15 is 0 Å². The average molecular weight is 436 g/mol. The topological polar surface area (TPSA) is 78.6 Å². The molecule has 3 aromatic rings. The number of aliphatic hydroxyl groups excluding tert-OH is 1. The summed E-state index contributed by atoms with van der Waals surface area (Å²) in [6, 6.07) is 8.25. The molecule has 3 aliphatic rings. The summed E-state index contributed by atoms with van der Waals surface area (Å²) in [6.45, 7) is 8.06. The van der Waals surface area contributed by atoms with Crippen molar-refractivity contribution in [2.45, 2.75) is 82.9 Å². The molecule has 168 valence electrons. The number of aryl methyl sites for hydroxylation is 2. The Morgan fingerprint density at radius 2 is 1.84 bits per heavy atom. The van der Waals surface area contributed by atoms with Crippen LogP contribution in [0, 0.1) is 0 Å². The van der Waals surface area contributed by atoms with Crippen molar-refractivity contribution < 1.29 is 19.3 Å². The fourth-order valence-electron chi connectivity index (χ4n) is 5.33. The molecule has 0 amide bonds. The second-order valence-electron chi connectivity index (χ2n) is 9.90. The minimum Gasteiger partial charge on any atom is -0.386 e. The molecule has 0 spiro atoms. The highest BCUT2D eigenvalue weighted by Gasteiger charge is 2.58. The van der Waals surface area contributed by atoms with Gasteiger partial charge in [-0.05, 0) is 55.4 Å². The van der Waals surface area contributed by atoms with Crippen molar-refractivity contribution in [3.05, 3.63) is 59.2 Å². The quantitative estimate of drug-likeness (QED) is 0.672. The number of rotatable bonds is 4. The second-order valence-corrected chi connectivity index (χ2v) is 9.90. The Bertz CT molecular complexity index is 1190. The first-order chi connectivity index (χ1) is 15.3. The van der Waals surface area contributed by atoms with Crippen molar-refractivity contribution in [2.24, 2.45) is 0 Å². The molecule has 4 heterocycles. The normalized spacial score (nSPS) is 29.2. The lowest BCUT2D eigenvalue weighted by Gasteiger charge is -2.28. The number of hydrogen-bond donors (Lipinski definition) is 1. The SMILES string of the molecule is CC(C)c1ncnc2c1ccn2[C@@H]1O[C@H](C(O)c2ccc3c(c2)CC3)[C@H]2OC(C)(C)O[C@H]21. The zero-order valence-corrected chi connectivity index (χ0v) is 18.9. The monoisotopic (exact) mass is 435 g/mol. The van der Waals surface area contributed by atoms with Crippen LogP contribution >= 0.6 is 0 Å². The van der Waals surface area contributed by atoms with Gasteiger partial charge in [-0.15, -0.1) is 0 Å². The lowest BCUT2D eigenvalue weighted by molar-refractivity contribution is -0.207. The molecule has 7 nitrogen and oxygen atoms in total. The second kappa shape index (κ2) is 7.09. The van der Waals surface area contributed by atoms with Gasteiger partial charge in [0.25, 0.3) is 0 Å². The maximum Gasteiger partial charge on any atom is 0.164 e. The summed E-state index contributed by atoms with van der Waals surface area (Å²) in [6.07, 6.45) is 3.20. The fraction of sp³-hybridized carbons (Fsp3) is 0.520. The van der Waals surface area contributed by atoms with E-state index < -0.39 is 24.2 Å². The number of fused-ring (bicyclic) bond motifs is 3. The van der Waals surface area contributed by atoms with Gasteiger partial charge in [-0.25, -0.2) is 9.97 Å². The van der Waals surface area contributed by atoms with Crippen LogP contribution < -0.4 is 0 Å². The average Bonchev–Trinajstić information content (AvgIpc) is 3.38. The van der Waals surface area contributed by atoms with Gasteiger partial charge >= 0.3 is 0 Å². The largest absolute Gasteiger partial charge is 0.386 e. The first kappa shape index (κ1) is 20.3. The standard InChI is InChI=1S/C25H29N3O4/c1-13(2)18-17-9-10-28(23(17)27-12-26-18)24-22-21(31-25(3,4)32-22)20(30-24)19(29)16-8-6-14-5-7-15(14)11-16/h6,8-13,19-22,24,29H,5,7H2,1-4H3/t19?,20-,21-,22-,24-/m1/s1. The van der Waals surface area contributed by atoms with Crippen LogP contribution in [0.15, 0.2) is 36.8 Å². The van der Waals surface area contributed by atoms with Crippen LogP contribution in [-0.2, 0) is 27.1 Å². The van der Waals surface area contributed by atoms with E-state index in [0.717, 1.165) is 35.1 Å². The zero-order chi connectivity index (χ0) is 22.2. The molecule has 0 saturated carbocycles. The molecular formula is C25H29N3O4. The predicted octanol–water partition coefficient (Wildman–Crippen LogP) is 3.80. The van der Waals surface area contributed by atoms with Gasteiger partial charge in [-0.3, -0.25) is 0 Å². The molecule has 2 aliphatic heterocycles. The third kappa shape index (κ3) is 3.03. The first-order valence-corrected chi connectivity index (χ1v) is 11.4. The molecule has 1 aliphatic carbocycles. The van der Waals surface area contributed by atoms with Gasteiger partial charge in [-0.1, -0.05) is 32.0 Å². The Kier molecular flexibility index (Phi) is 4.50. The van der Waals surface area contributed by atoms with Gasteiger partial charge in [0.2, 0.25) is 0 Å². The van der Waals surface area contributed by atoms with Crippen molar-refractivity contribution in [1.29, 1.82) is 0 Å². The predicted molar refractivity (Wildman–Crippen MR) is 118 cm³/mol. The molecule has 32 heavy (non-hydrogen) atoms.